The van der Waals surface area contributed by atoms with Crippen LogP contribution in [0.15, 0.2) is 12.2 Å². The fraction of sp³-hybridized carbons (Fsp3) is 0.833. The second-order valence-corrected chi connectivity index (χ2v) is 4.66. The molecule has 0 spiro atoms. The van der Waals surface area contributed by atoms with Crippen LogP contribution in [0.25, 0.3) is 0 Å². The molecule has 1 saturated heterocycles. The average molecular weight is 196 g/mol. The fourth-order valence-corrected chi connectivity index (χ4v) is 1.98. The second kappa shape index (κ2) is 6.20. The zero-order valence-electron chi connectivity index (χ0n) is 9.68. The summed E-state index contributed by atoms with van der Waals surface area (Å²) in [7, 11) is 2.23. The van der Waals surface area contributed by atoms with Crippen molar-refractivity contribution < 1.29 is 0 Å². The van der Waals surface area contributed by atoms with Crippen molar-refractivity contribution in [1.82, 2.24) is 10.2 Å². The molecule has 0 bridgehead atoms. The molecular weight excluding hydrogens is 172 g/mol. The highest BCUT2D eigenvalue weighted by atomic mass is 15.1. The Hall–Kier alpha value is -0.340. The summed E-state index contributed by atoms with van der Waals surface area (Å²) in [6.07, 6.45) is 3.83. The maximum Gasteiger partial charge on any atom is 0.00154 e. The van der Waals surface area contributed by atoms with Crippen molar-refractivity contribution in [3.8, 4) is 0 Å². The molecule has 0 unspecified atom stereocenters. The minimum atomic E-state index is 0.909. The lowest BCUT2D eigenvalue weighted by atomic mass is 9.97. The van der Waals surface area contributed by atoms with Crippen molar-refractivity contribution in [2.75, 3.05) is 33.2 Å². The van der Waals surface area contributed by atoms with Crippen molar-refractivity contribution >= 4 is 0 Å². The Bertz CT molecular complexity index is 171. The molecule has 1 aliphatic rings. The molecule has 1 aliphatic heterocycles. The number of hydrogen-bond donors (Lipinski definition) is 1. The van der Waals surface area contributed by atoms with Crippen LogP contribution < -0.4 is 5.32 Å². The second-order valence-electron chi connectivity index (χ2n) is 4.66. The zero-order valence-corrected chi connectivity index (χ0v) is 9.68. The molecule has 0 radical (unpaired) electrons. The Morgan fingerprint density at radius 1 is 1.43 bits per heavy atom. The molecule has 0 aromatic heterocycles. The number of nitrogens with zero attached hydrogens (tertiary/aromatic N) is 1. The van der Waals surface area contributed by atoms with E-state index in [1.165, 1.54) is 44.6 Å². The Morgan fingerprint density at radius 2 is 2.07 bits per heavy atom. The van der Waals surface area contributed by atoms with Crippen LogP contribution in [-0.4, -0.2) is 38.1 Å². The van der Waals surface area contributed by atoms with E-state index in [4.69, 9.17) is 0 Å². The van der Waals surface area contributed by atoms with Crippen LogP contribution in [0, 0.1) is 5.92 Å². The van der Waals surface area contributed by atoms with Crippen LogP contribution >= 0.6 is 0 Å². The molecule has 1 fully saturated rings. The molecule has 14 heavy (non-hydrogen) atoms. The van der Waals surface area contributed by atoms with Gasteiger partial charge in [0.25, 0.3) is 0 Å². The van der Waals surface area contributed by atoms with Gasteiger partial charge in [0.15, 0.2) is 0 Å². The van der Waals surface area contributed by atoms with E-state index < -0.39 is 0 Å². The van der Waals surface area contributed by atoms with Gasteiger partial charge in [0.05, 0.1) is 0 Å². The molecule has 0 aromatic rings. The van der Waals surface area contributed by atoms with E-state index in [0.29, 0.717) is 0 Å². The van der Waals surface area contributed by atoms with Gasteiger partial charge in [-0.25, -0.2) is 0 Å². The highest BCUT2D eigenvalue weighted by Crippen LogP contribution is 2.13. The Morgan fingerprint density at radius 3 is 2.64 bits per heavy atom. The van der Waals surface area contributed by atoms with Crippen LogP contribution in [-0.2, 0) is 0 Å². The van der Waals surface area contributed by atoms with Gasteiger partial charge < -0.3 is 10.2 Å². The molecule has 82 valence electrons. The summed E-state index contributed by atoms with van der Waals surface area (Å²) in [5.41, 5.74) is 1.29. The third-order valence-electron chi connectivity index (χ3n) is 2.95. The third-order valence-corrected chi connectivity index (χ3v) is 2.95. The van der Waals surface area contributed by atoms with Gasteiger partial charge in [-0.15, -0.1) is 6.58 Å². The minimum absolute atomic E-state index is 0.909. The van der Waals surface area contributed by atoms with Gasteiger partial charge in [-0.05, 0) is 52.2 Å². The largest absolute Gasteiger partial charge is 0.317 e. The molecule has 2 heteroatoms. The van der Waals surface area contributed by atoms with Gasteiger partial charge in [0.1, 0.15) is 0 Å². The monoisotopic (exact) mass is 196 g/mol. The van der Waals surface area contributed by atoms with E-state index in [-0.39, 0.29) is 0 Å². The van der Waals surface area contributed by atoms with Gasteiger partial charge in [-0.2, -0.15) is 0 Å². The van der Waals surface area contributed by atoms with Crippen LogP contribution in [0.5, 0.6) is 0 Å². The van der Waals surface area contributed by atoms with Crippen molar-refractivity contribution in [2.24, 2.45) is 5.92 Å². The summed E-state index contributed by atoms with van der Waals surface area (Å²) in [5, 5.41) is 3.41. The Kier molecular flexibility index (Phi) is 5.20. The fourth-order valence-electron chi connectivity index (χ4n) is 1.98. The zero-order chi connectivity index (χ0) is 10.4. The minimum Gasteiger partial charge on any atom is -0.317 e. The van der Waals surface area contributed by atoms with Crippen LogP contribution in [0.3, 0.4) is 0 Å². The summed E-state index contributed by atoms with van der Waals surface area (Å²) in [6.45, 7) is 10.9. The van der Waals surface area contributed by atoms with Crippen LogP contribution in [0.2, 0.25) is 0 Å². The molecule has 1 N–H and O–H groups in total. The van der Waals surface area contributed by atoms with Crippen molar-refractivity contribution in [2.45, 2.75) is 26.2 Å². The standard InChI is InChI=1S/C12H24N2/c1-11(2)6-9-14(3)10-12-4-7-13-8-5-12/h12-13H,1,4-10H2,2-3H3. The van der Waals surface area contributed by atoms with Crippen LogP contribution in [0.4, 0.5) is 0 Å². The number of rotatable bonds is 5. The molecule has 1 rings (SSSR count). The summed E-state index contributed by atoms with van der Waals surface area (Å²) >= 11 is 0. The molecule has 0 atom stereocenters. The van der Waals surface area contributed by atoms with E-state index in [2.05, 4.69) is 30.8 Å². The van der Waals surface area contributed by atoms with Crippen LogP contribution in [0.1, 0.15) is 26.2 Å². The smallest absolute Gasteiger partial charge is 0.00154 e. The first-order chi connectivity index (χ1) is 6.68. The summed E-state index contributed by atoms with van der Waals surface area (Å²) < 4.78 is 0. The lowest BCUT2D eigenvalue weighted by Crippen LogP contribution is -2.34. The van der Waals surface area contributed by atoms with E-state index in [0.717, 1.165) is 12.3 Å². The molecule has 1 heterocycles. The van der Waals surface area contributed by atoms with Crippen molar-refractivity contribution in [3.63, 3.8) is 0 Å². The highest BCUT2D eigenvalue weighted by molar-refractivity contribution is 4.88. The van der Waals surface area contributed by atoms with E-state index in [1.807, 2.05) is 0 Å². The maximum absolute atomic E-state index is 3.94. The Balaban J connectivity index is 2.11. The van der Waals surface area contributed by atoms with Crippen molar-refractivity contribution in [1.29, 1.82) is 0 Å². The van der Waals surface area contributed by atoms with E-state index in [9.17, 15) is 0 Å². The van der Waals surface area contributed by atoms with E-state index in [1.54, 1.807) is 0 Å². The van der Waals surface area contributed by atoms with Gasteiger partial charge in [-0.1, -0.05) is 5.57 Å². The molecule has 0 aromatic carbocycles. The highest BCUT2D eigenvalue weighted by Gasteiger charge is 2.14. The molecule has 0 aliphatic carbocycles. The average Bonchev–Trinajstić information content (AvgIpc) is 2.16. The van der Waals surface area contributed by atoms with Crippen molar-refractivity contribution in [3.05, 3.63) is 12.2 Å². The lowest BCUT2D eigenvalue weighted by molar-refractivity contribution is 0.242. The predicted octanol–water partition coefficient (Wildman–Crippen LogP) is 1.88. The van der Waals surface area contributed by atoms with Gasteiger partial charge in [-0.3, -0.25) is 0 Å². The van der Waals surface area contributed by atoms with E-state index >= 15 is 0 Å². The number of piperidine rings is 1. The summed E-state index contributed by atoms with van der Waals surface area (Å²) in [4.78, 5) is 2.45. The quantitative estimate of drug-likeness (QED) is 0.675. The maximum atomic E-state index is 3.94. The molecule has 0 saturated carbocycles. The molecular formula is C12H24N2. The molecule has 0 amide bonds. The summed E-state index contributed by atoms with van der Waals surface area (Å²) in [5.74, 6) is 0.909. The topological polar surface area (TPSA) is 15.3 Å². The first-order valence-corrected chi connectivity index (χ1v) is 5.72. The van der Waals surface area contributed by atoms with Gasteiger partial charge in [0, 0.05) is 13.1 Å². The SMILES string of the molecule is C=C(C)CCN(C)CC1CCNCC1. The van der Waals surface area contributed by atoms with Gasteiger partial charge >= 0.3 is 0 Å². The first-order valence-electron chi connectivity index (χ1n) is 5.72. The summed E-state index contributed by atoms with van der Waals surface area (Å²) in [6, 6.07) is 0. The first kappa shape index (κ1) is 11.7. The van der Waals surface area contributed by atoms with Gasteiger partial charge in [0.2, 0.25) is 0 Å². The third kappa shape index (κ3) is 4.77. The predicted molar refractivity (Wildman–Crippen MR) is 62.5 cm³/mol. The normalized spacial score (nSPS) is 18.8. The number of hydrogen-bond acceptors (Lipinski definition) is 2. The molecule has 2 nitrogen and oxygen atoms in total. The lowest BCUT2D eigenvalue weighted by Gasteiger charge is -2.27. The number of nitrogens with one attached hydrogen (secondary N) is 1. The Labute approximate surface area is 88.4 Å².